The van der Waals surface area contributed by atoms with Crippen molar-refractivity contribution in [1.29, 1.82) is 0 Å². The minimum atomic E-state index is -4.84. The minimum Gasteiger partial charge on any atom is -0.490 e. The molecule has 8 nitrogen and oxygen atoms in total. The maximum absolute atomic E-state index is 13.9. The fourth-order valence-electron chi connectivity index (χ4n) is 4.16. The van der Waals surface area contributed by atoms with Gasteiger partial charge in [0.2, 0.25) is 0 Å². The lowest BCUT2D eigenvalue weighted by molar-refractivity contribution is -0.139. The molecule has 0 radical (unpaired) electrons. The van der Waals surface area contributed by atoms with Crippen LogP contribution in [-0.4, -0.2) is 54.0 Å². The lowest BCUT2D eigenvalue weighted by Crippen LogP contribution is -2.37. The van der Waals surface area contributed by atoms with Crippen LogP contribution < -0.4 is 10.2 Å². The number of hydrogen-bond acceptors (Lipinski definition) is 5. The first kappa shape index (κ1) is 29.9. The number of rotatable bonds is 7. The van der Waals surface area contributed by atoms with Gasteiger partial charge in [-0.15, -0.1) is 0 Å². The number of aromatic nitrogens is 2. The van der Waals surface area contributed by atoms with Crippen LogP contribution in [0.15, 0.2) is 29.3 Å². The van der Waals surface area contributed by atoms with Gasteiger partial charge in [-0.05, 0) is 38.8 Å². The monoisotopic (exact) mass is 559 g/mol. The summed E-state index contributed by atoms with van der Waals surface area (Å²) in [6.07, 6.45) is -2.17. The zero-order valence-corrected chi connectivity index (χ0v) is 23.7. The molecule has 2 heterocycles. The van der Waals surface area contributed by atoms with E-state index in [0.29, 0.717) is 13.2 Å². The number of sulfone groups is 1. The Morgan fingerprint density at radius 2 is 1.84 bits per heavy atom. The number of para-hydroxylation sites is 1. The molecule has 0 saturated carbocycles. The largest absolute Gasteiger partial charge is 0.490 e. The Morgan fingerprint density at radius 1 is 1.18 bits per heavy atom. The summed E-state index contributed by atoms with van der Waals surface area (Å²) in [6, 6.07) is 4.83. The van der Waals surface area contributed by atoms with Gasteiger partial charge in [-0.1, -0.05) is 26.8 Å². The van der Waals surface area contributed by atoms with Gasteiger partial charge in [0.05, 0.1) is 23.8 Å². The summed E-state index contributed by atoms with van der Waals surface area (Å²) in [5, 5.41) is 0. The molecule has 12 heteroatoms. The van der Waals surface area contributed by atoms with Crippen LogP contribution in [0.4, 0.5) is 13.2 Å². The first-order valence-electron chi connectivity index (χ1n) is 12.3. The normalized spacial score (nSPS) is 17.7. The number of alkyl halides is 3. The smallest absolute Gasteiger partial charge is 0.419 e. The van der Waals surface area contributed by atoms with E-state index in [1.54, 1.807) is 10.7 Å². The molecule has 38 heavy (non-hydrogen) atoms. The second-order valence-electron chi connectivity index (χ2n) is 11.3. The lowest BCUT2D eigenvalue weighted by atomic mass is 9.92. The molecular formula is C26H36F3N3O5S. The highest BCUT2D eigenvalue weighted by molar-refractivity contribution is 7.92. The Morgan fingerprint density at radius 3 is 2.37 bits per heavy atom. The van der Waals surface area contributed by atoms with Gasteiger partial charge in [0.25, 0.3) is 5.91 Å². The summed E-state index contributed by atoms with van der Waals surface area (Å²) in [4.78, 5) is 17.6. The van der Waals surface area contributed by atoms with Crippen LogP contribution in [0, 0.1) is 0 Å². The van der Waals surface area contributed by atoms with Crippen molar-refractivity contribution in [2.45, 2.75) is 76.4 Å². The summed E-state index contributed by atoms with van der Waals surface area (Å²) in [7, 11) is -1.83. The van der Waals surface area contributed by atoms with Crippen LogP contribution in [-0.2, 0) is 39.8 Å². The Balaban J connectivity index is 2.14. The summed E-state index contributed by atoms with van der Waals surface area (Å²) >= 11 is 0. The highest BCUT2D eigenvalue weighted by Crippen LogP contribution is 2.39. The molecule has 1 aliphatic heterocycles. The quantitative estimate of drug-likeness (QED) is 0.506. The zero-order valence-electron chi connectivity index (χ0n) is 22.8. The lowest BCUT2D eigenvalue weighted by Gasteiger charge is -2.24. The molecule has 1 atom stereocenters. The van der Waals surface area contributed by atoms with E-state index in [-0.39, 0.29) is 17.0 Å². The van der Waals surface area contributed by atoms with Crippen molar-refractivity contribution in [2.75, 3.05) is 19.5 Å². The Bertz CT molecular complexity index is 1360. The van der Waals surface area contributed by atoms with E-state index in [2.05, 4.69) is 4.99 Å². The van der Waals surface area contributed by atoms with Crippen LogP contribution in [0.5, 0.6) is 5.75 Å². The number of carbonyl (C=O) groups is 1. The van der Waals surface area contributed by atoms with Gasteiger partial charge in [0.1, 0.15) is 17.1 Å². The third-order valence-electron chi connectivity index (χ3n) is 6.74. The molecule has 3 rings (SSSR count). The standard InChI is InChI=1S/C26H36F3N3O5S/c1-24(2,3)20-14-21(32(31(20)6)15-17-10-9-13-36-17)30-23(33)18-11-8-12-19(26(27,28)29)22(18)37-16-25(4,5)38(7,34)35/h8,11-12,14,17H,9-10,13,15-16H2,1-7H3/t17-/m1/s1. The molecule has 0 aliphatic carbocycles. The van der Waals surface area contributed by atoms with Gasteiger partial charge in [-0.25, -0.2) is 8.42 Å². The first-order chi connectivity index (χ1) is 17.3. The van der Waals surface area contributed by atoms with E-state index in [0.717, 1.165) is 36.9 Å². The second kappa shape index (κ2) is 10.5. The number of nitrogens with zero attached hydrogens (tertiary/aromatic N) is 3. The Hall–Kier alpha value is -2.60. The average molecular weight is 560 g/mol. The van der Waals surface area contributed by atoms with Crippen LogP contribution >= 0.6 is 0 Å². The van der Waals surface area contributed by atoms with Crippen molar-refractivity contribution in [1.82, 2.24) is 9.36 Å². The maximum Gasteiger partial charge on any atom is 0.419 e. The Labute approximate surface area is 221 Å². The van der Waals surface area contributed by atoms with E-state index >= 15 is 0 Å². The molecule has 0 spiro atoms. The predicted octanol–water partition coefficient (Wildman–Crippen LogP) is 4.27. The van der Waals surface area contributed by atoms with E-state index in [9.17, 15) is 26.4 Å². The van der Waals surface area contributed by atoms with Crippen molar-refractivity contribution >= 4 is 15.7 Å². The molecule has 1 fully saturated rings. The van der Waals surface area contributed by atoms with E-state index < -0.39 is 50.2 Å². The first-order valence-corrected chi connectivity index (χ1v) is 14.2. The zero-order chi connectivity index (χ0) is 28.7. The molecule has 1 aromatic carbocycles. The summed E-state index contributed by atoms with van der Waals surface area (Å²) in [5.74, 6) is -1.68. The van der Waals surface area contributed by atoms with Crippen molar-refractivity contribution in [3.63, 3.8) is 0 Å². The molecule has 1 amide bonds. The highest BCUT2D eigenvalue weighted by atomic mass is 32.2. The molecule has 1 aliphatic rings. The number of ether oxygens (including phenoxy) is 2. The average Bonchev–Trinajstić information content (AvgIpc) is 3.39. The van der Waals surface area contributed by atoms with Crippen molar-refractivity contribution in [2.24, 2.45) is 12.0 Å². The predicted molar refractivity (Wildman–Crippen MR) is 137 cm³/mol. The van der Waals surface area contributed by atoms with E-state index in [4.69, 9.17) is 9.47 Å². The van der Waals surface area contributed by atoms with E-state index in [1.807, 2.05) is 32.5 Å². The van der Waals surface area contributed by atoms with Gasteiger partial charge in [0, 0.05) is 37.1 Å². The second-order valence-corrected chi connectivity index (χ2v) is 13.9. The summed E-state index contributed by atoms with van der Waals surface area (Å²) < 4.78 is 79.3. The molecular weight excluding hydrogens is 523 g/mol. The van der Waals surface area contributed by atoms with Gasteiger partial charge >= 0.3 is 6.18 Å². The third-order valence-corrected chi connectivity index (χ3v) is 8.87. The van der Waals surface area contributed by atoms with Gasteiger partial charge < -0.3 is 9.47 Å². The van der Waals surface area contributed by atoms with Crippen molar-refractivity contribution in [3.05, 3.63) is 46.6 Å². The molecule has 0 bridgehead atoms. The topological polar surface area (TPSA) is 91.9 Å². The SMILES string of the molecule is Cn1c(C(C)(C)C)cc(=NC(=O)c2cccc(C(F)(F)F)c2OCC(C)(C)S(C)(=O)=O)n1C[C@H]1CCCO1. The maximum atomic E-state index is 13.9. The number of carbonyl (C=O) groups excluding carboxylic acids is 1. The number of hydrogen-bond donors (Lipinski definition) is 0. The molecule has 2 aromatic rings. The molecule has 212 valence electrons. The molecule has 0 unspecified atom stereocenters. The van der Waals surface area contributed by atoms with Crippen LogP contribution in [0.25, 0.3) is 0 Å². The van der Waals surface area contributed by atoms with Crippen LogP contribution in [0.3, 0.4) is 0 Å². The molecule has 1 aromatic heterocycles. The van der Waals surface area contributed by atoms with Crippen LogP contribution in [0.2, 0.25) is 0 Å². The fraction of sp³-hybridized carbons (Fsp3) is 0.615. The van der Waals surface area contributed by atoms with Gasteiger partial charge in [-0.2, -0.15) is 18.2 Å². The summed E-state index contributed by atoms with van der Waals surface area (Å²) in [6.45, 7) is 9.19. The third kappa shape index (κ3) is 6.51. The summed E-state index contributed by atoms with van der Waals surface area (Å²) in [5.41, 5.74) is -0.742. The van der Waals surface area contributed by atoms with Gasteiger partial charge in [0.15, 0.2) is 15.3 Å². The van der Waals surface area contributed by atoms with Crippen LogP contribution in [0.1, 0.15) is 69.1 Å². The fourth-order valence-corrected chi connectivity index (χ4v) is 4.44. The van der Waals surface area contributed by atoms with Crippen molar-refractivity contribution in [3.8, 4) is 5.75 Å². The minimum absolute atomic E-state index is 0.0730. The highest BCUT2D eigenvalue weighted by Gasteiger charge is 2.38. The molecule has 1 saturated heterocycles. The number of benzene rings is 1. The molecule has 0 N–H and O–H groups in total. The van der Waals surface area contributed by atoms with Crippen molar-refractivity contribution < 1.29 is 35.9 Å². The number of halogens is 3. The Kier molecular flexibility index (Phi) is 8.29. The van der Waals surface area contributed by atoms with Gasteiger partial charge in [-0.3, -0.25) is 14.2 Å². The van der Waals surface area contributed by atoms with E-state index in [1.165, 1.54) is 19.9 Å². The number of amides is 1.